The molecular weight excluding hydrogens is 254 g/mol. The number of carbonyl (C=O) groups excluding carboxylic acids is 1. The van der Waals surface area contributed by atoms with Crippen LogP contribution in [-0.4, -0.2) is 20.7 Å². The monoisotopic (exact) mass is 261 g/mol. The first-order valence-electron chi connectivity index (χ1n) is 4.96. The molecule has 2 rings (SSSR count). The van der Waals surface area contributed by atoms with Crippen LogP contribution in [0.15, 0.2) is 24.7 Å². The lowest BCUT2D eigenvalue weighted by Crippen LogP contribution is -2.16. The minimum absolute atomic E-state index is 0.240. The summed E-state index contributed by atoms with van der Waals surface area (Å²) in [5.74, 6) is -0.115. The molecule has 0 aliphatic heterocycles. The Morgan fingerprint density at radius 3 is 3.00 bits per heavy atom. The topological polar surface area (TPSA) is 83.6 Å². The van der Waals surface area contributed by atoms with Crippen LogP contribution in [0.2, 0.25) is 5.02 Å². The Hall–Kier alpha value is -2.39. The number of carbonyl (C=O) groups is 1. The zero-order valence-corrected chi connectivity index (χ0v) is 10.1. The maximum Gasteiger partial charge on any atom is 0.259 e. The summed E-state index contributed by atoms with van der Waals surface area (Å²) >= 11 is 5.88. The fourth-order valence-corrected chi connectivity index (χ4v) is 1.58. The zero-order valence-electron chi connectivity index (χ0n) is 9.38. The third-order valence-corrected chi connectivity index (χ3v) is 2.63. The molecule has 0 saturated carbocycles. The molecule has 1 amide bonds. The second-order valence-electron chi connectivity index (χ2n) is 3.45. The highest BCUT2D eigenvalue weighted by atomic mass is 35.5. The van der Waals surface area contributed by atoms with Crippen molar-refractivity contribution in [2.24, 2.45) is 7.05 Å². The van der Waals surface area contributed by atoms with Crippen LogP contribution in [0.3, 0.4) is 0 Å². The summed E-state index contributed by atoms with van der Waals surface area (Å²) in [6.45, 7) is 0. The van der Waals surface area contributed by atoms with Gasteiger partial charge < -0.3 is 5.32 Å². The molecule has 0 aliphatic rings. The van der Waals surface area contributed by atoms with Crippen molar-refractivity contribution in [1.29, 1.82) is 5.26 Å². The average Bonchev–Trinajstić information content (AvgIpc) is 2.71. The number of hydrogen-bond donors (Lipinski definition) is 1. The van der Waals surface area contributed by atoms with Crippen LogP contribution in [-0.2, 0) is 7.05 Å². The summed E-state index contributed by atoms with van der Waals surface area (Å²) in [5.41, 5.74) is 0.523. The van der Waals surface area contributed by atoms with Gasteiger partial charge in [-0.15, -0.1) is 0 Å². The van der Waals surface area contributed by atoms with Crippen LogP contribution >= 0.6 is 11.6 Å². The Kier molecular flexibility index (Phi) is 3.26. The molecule has 0 spiro atoms. The number of pyridine rings is 1. The van der Waals surface area contributed by atoms with E-state index in [-0.39, 0.29) is 11.1 Å². The first-order chi connectivity index (χ1) is 8.63. The van der Waals surface area contributed by atoms with Gasteiger partial charge in [0.2, 0.25) is 0 Å². The van der Waals surface area contributed by atoms with Crippen LogP contribution in [0.1, 0.15) is 15.9 Å². The number of hydrogen-bond acceptors (Lipinski definition) is 4. The molecule has 0 saturated heterocycles. The molecule has 0 unspecified atom stereocenters. The quantitative estimate of drug-likeness (QED) is 0.890. The van der Waals surface area contributed by atoms with Gasteiger partial charge in [0.1, 0.15) is 17.5 Å². The number of nitrogens with zero attached hydrogens (tertiary/aromatic N) is 4. The Labute approximate surface area is 108 Å². The van der Waals surface area contributed by atoms with Crippen molar-refractivity contribution in [3.63, 3.8) is 0 Å². The molecule has 0 aromatic carbocycles. The van der Waals surface area contributed by atoms with Gasteiger partial charge in [-0.25, -0.2) is 0 Å². The largest absolute Gasteiger partial charge is 0.306 e. The molecule has 0 radical (unpaired) electrons. The third-order valence-electron chi connectivity index (χ3n) is 2.30. The normalized spacial score (nSPS) is 9.83. The lowest BCUT2D eigenvalue weighted by molar-refractivity contribution is 0.102. The van der Waals surface area contributed by atoms with Crippen molar-refractivity contribution in [2.75, 3.05) is 5.32 Å². The van der Waals surface area contributed by atoms with Crippen molar-refractivity contribution in [2.45, 2.75) is 0 Å². The molecular formula is C11H8ClN5O. The maximum absolute atomic E-state index is 12.0. The van der Waals surface area contributed by atoms with E-state index in [1.807, 2.05) is 6.07 Å². The van der Waals surface area contributed by atoms with Gasteiger partial charge in [-0.1, -0.05) is 11.6 Å². The van der Waals surface area contributed by atoms with Gasteiger partial charge in [0.05, 0.1) is 16.8 Å². The zero-order chi connectivity index (χ0) is 13.1. The molecule has 90 valence electrons. The first-order valence-corrected chi connectivity index (χ1v) is 5.34. The number of aryl methyl sites for hydroxylation is 1. The number of nitriles is 1. The van der Waals surface area contributed by atoms with Crippen molar-refractivity contribution in [3.8, 4) is 6.07 Å². The molecule has 0 bridgehead atoms. The maximum atomic E-state index is 12.0. The fourth-order valence-electron chi connectivity index (χ4n) is 1.39. The van der Waals surface area contributed by atoms with E-state index in [0.29, 0.717) is 10.8 Å². The van der Waals surface area contributed by atoms with Gasteiger partial charge >= 0.3 is 0 Å². The van der Waals surface area contributed by atoms with Gasteiger partial charge in [-0.2, -0.15) is 10.4 Å². The summed E-state index contributed by atoms with van der Waals surface area (Å²) in [4.78, 5) is 15.8. The molecule has 7 heteroatoms. The minimum Gasteiger partial charge on any atom is -0.306 e. The molecule has 2 heterocycles. The lowest BCUT2D eigenvalue weighted by Gasteiger charge is -2.06. The van der Waals surface area contributed by atoms with Crippen LogP contribution in [0.25, 0.3) is 0 Å². The van der Waals surface area contributed by atoms with E-state index in [2.05, 4.69) is 15.4 Å². The average molecular weight is 262 g/mol. The SMILES string of the molecule is Cn1ncc(C#N)c1NC(=O)c1cnccc1Cl. The van der Waals surface area contributed by atoms with Gasteiger partial charge in [0.25, 0.3) is 5.91 Å². The summed E-state index contributed by atoms with van der Waals surface area (Å²) < 4.78 is 1.40. The van der Waals surface area contributed by atoms with Crippen LogP contribution in [0.5, 0.6) is 0 Å². The summed E-state index contributed by atoms with van der Waals surface area (Å²) in [6, 6.07) is 3.46. The number of nitrogens with one attached hydrogen (secondary N) is 1. The van der Waals surface area contributed by atoms with E-state index >= 15 is 0 Å². The Morgan fingerprint density at radius 2 is 2.33 bits per heavy atom. The lowest BCUT2D eigenvalue weighted by atomic mass is 10.2. The van der Waals surface area contributed by atoms with Crippen molar-refractivity contribution in [3.05, 3.63) is 40.8 Å². The van der Waals surface area contributed by atoms with Crippen molar-refractivity contribution >= 4 is 23.3 Å². The minimum atomic E-state index is -0.437. The third kappa shape index (κ3) is 2.17. The highest BCUT2D eigenvalue weighted by Gasteiger charge is 2.15. The Balaban J connectivity index is 2.31. The Bertz CT molecular complexity index is 643. The standard InChI is InChI=1S/C11H8ClN5O/c1-17-10(7(4-13)5-15-17)16-11(18)8-6-14-3-2-9(8)12/h2-3,5-6H,1H3,(H,16,18). The predicted octanol–water partition coefficient (Wildman–Crippen LogP) is 1.59. The van der Waals surface area contributed by atoms with E-state index in [1.165, 1.54) is 29.3 Å². The van der Waals surface area contributed by atoms with Gasteiger partial charge in [-0.3, -0.25) is 14.5 Å². The van der Waals surface area contributed by atoms with E-state index in [0.717, 1.165) is 0 Å². The summed E-state index contributed by atoms with van der Waals surface area (Å²) in [6.07, 6.45) is 4.23. The number of halogens is 1. The molecule has 6 nitrogen and oxygen atoms in total. The number of aromatic nitrogens is 3. The first kappa shape index (κ1) is 12.1. The molecule has 0 atom stereocenters. The molecule has 2 aromatic rings. The van der Waals surface area contributed by atoms with Crippen molar-refractivity contribution < 1.29 is 4.79 Å². The van der Waals surface area contributed by atoms with E-state index in [1.54, 1.807) is 7.05 Å². The molecule has 2 aromatic heterocycles. The summed E-state index contributed by atoms with van der Waals surface area (Å²) in [7, 11) is 1.63. The van der Waals surface area contributed by atoms with Crippen LogP contribution in [0.4, 0.5) is 5.82 Å². The van der Waals surface area contributed by atoms with Gasteiger partial charge in [0.15, 0.2) is 0 Å². The van der Waals surface area contributed by atoms with Crippen LogP contribution in [0, 0.1) is 11.3 Å². The van der Waals surface area contributed by atoms with Crippen LogP contribution < -0.4 is 5.32 Å². The molecule has 0 aliphatic carbocycles. The van der Waals surface area contributed by atoms with Gasteiger partial charge in [0, 0.05) is 19.4 Å². The smallest absolute Gasteiger partial charge is 0.259 e. The Morgan fingerprint density at radius 1 is 1.56 bits per heavy atom. The summed E-state index contributed by atoms with van der Waals surface area (Å²) in [5, 5.41) is 15.6. The molecule has 1 N–H and O–H groups in total. The van der Waals surface area contributed by atoms with E-state index in [9.17, 15) is 4.79 Å². The number of rotatable bonds is 2. The van der Waals surface area contributed by atoms with Crippen molar-refractivity contribution in [1.82, 2.24) is 14.8 Å². The predicted molar refractivity (Wildman–Crippen MR) is 65.1 cm³/mol. The second kappa shape index (κ2) is 4.85. The second-order valence-corrected chi connectivity index (χ2v) is 3.86. The highest BCUT2D eigenvalue weighted by Crippen LogP contribution is 2.17. The van der Waals surface area contributed by atoms with Gasteiger partial charge in [-0.05, 0) is 6.07 Å². The molecule has 0 fully saturated rings. The fraction of sp³-hybridized carbons (Fsp3) is 0.0909. The van der Waals surface area contributed by atoms with E-state index < -0.39 is 5.91 Å². The van der Waals surface area contributed by atoms with E-state index in [4.69, 9.17) is 16.9 Å². The number of anilines is 1. The molecule has 18 heavy (non-hydrogen) atoms. The number of amides is 1. The highest BCUT2D eigenvalue weighted by molar-refractivity contribution is 6.34.